The number of carbonyl (C=O) groups excluding carboxylic acids is 2. The number of anilines is 1. The number of Topliss-reactive ketones (excluding diaryl/α,β-unsaturated/α-hetero) is 1. The van der Waals surface area contributed by atoms with Gasteiger partial charge in [0.1, 0.15) is 5.75 Å². The van der Waals surface area contributed by atoms with Gasteiger partial charge < -0.3 is 10.1 Å². The van der Waals surface area contributed by atoms with E-state index >= 15 is 0 Å². The summed E-state index contributed by atoms with van der Waals surface area (Å²) in [7, 11) is 0. The molecule has 1 N–H and O–H groups in total. The highest BCUT2D eigenvalue weighted by Crippen LogP contribution is 2.21. The minimum absolute atomic E-state index is 0.0898. The average Bonchev–Trinajstić information content (AvgIpc) is 2.45. The number of hydrogen-bond acceptors (Lipinski definition) is 3. The molecule has 0 saturated carbocycles. The highest BCUT2D eigenvalue weighted by Gasteiger charge is 2.11. The second kappa shape index (κ2) is 7.40. The maximum atomic E-state index is 11.9. The third kappa shape index (κ3) is 4.56. The van der Waals surface area contributed by atoms with Gasteiger partial charge >= 0.3 is 0 Å². The standard InChI is InChI=1S/C17H16INO3/c1-11-6-7-15(12(2)20)16(8-11)22-10-17(21)19-14-5-3-4-13(18)9-14/h3-9H,10H2,1-2H3,(H,19,21). The normalized spacial score (nSPS) is 10.1. The Morgan fingerprint density at radius 1 is 1.18 bits per heavy atom. The summed E-state index contributed by atoms with van der Waals surface area (Å²) in [5, 5.41) is 2.76. The zero-order valence-electron chi connectivity index (χ0n) is 12.4. The van der Waals surface area contributed by atoms with Crippen molar-refractivity contribution >= 4 is 40.0 Å². The van der Waals surface area contributed by atoms with E-state index in [0.29, 0.717) is 11.3 Å². The van der Waals surface area contributed by atoms with Gasteiger partial charge in [-0.05, 0) is 72.3 Å². The van der Waals surface area contributed by atoms with E-state index in [1.165, 1.54) is 6.92 Å². The van der Waals surface area contributed by atoms with E-state index in [0.717, 1.165) is 14.8 Å². The predicted molar refractivity (Wildman–Crippen MR) is 94.5 cm³/mol. The molecule has 0 saturated heterocycles. The van der Waals surface area contributed by atoms with Crippen LogP contribution < -0.4 is 10.1 Å². The first-order chi connectivity index (χ1) is 10.5. The minimum atomic E-state index is -0.266. The average molecular weight is 409 g/mol. The van der Waals surface area contributed by atoms with Crippen molar-refractivity contribution in [3.8, 4) is 5.75 Å². The van der Waals surface area contributed by atoms with Crippen LogP contribution in [0.4, 0.5) is 5.69 Å². The van der Waals surface area contributed by atoms with Crippen molar-refractivity contribution in [2.45, 2.75) is 13.8 Å². The number of nitrogens with one attached hydrogen (secondary N) is 1. The number of benzene rings is 2. The number of ether oxygens (including phenoxy) is 1. The van der Waals surface area contributed by atoms with E-state index in [-0.39, 0.29) is 18.3 Å². The molecule has 0 aliphatic heterocycles. The van der Waals surface area contributed by atoms with Crippen LogP contribution in [0.2, 0.25) is 0 Å². The number of halogens is 1. The van der Waals surface area contributed by atoms with Gasteiger partial charge in [-0.2, -0.15) is 0 Å². The highest BCUT2D eigenvalue weighted by molar-refractivity contribution is 14.1. The number of rotatable bonds is 5. The Bertz CT molecular complexity index is 713. The molecule has 0 radical (unpaired) electrons. The Hall–Kier alpha value is -1.89. The molecule has 0 bridgehead atoms. The molecule has 2 rings (SSSR count). The fraction of sp³-hybridized carbons (Fsp3) is 0.176. The third-order valence-corrected chi connectivity index (χ3v) is 3.65. The summed E-state index contributed by atoms with van der Waals surface area (Å²) in [4.78, 5) is 23.5. The van der Waals surface area contributed by atoms with Crippen LogP contribution in [0.15, 0.2) is 42.5 Å². The second-order valence-corrected chi connectivity index (χ2v) is 6.15. The van der Waals surface area contributed by atoms with Crippen LogP contribution in [-0.4, -0.2) is 18.3 Å². The number of amides is 1. The smallest absolute Gasteiger partial charge is 0.262 e. The van der Waals surface area contributed by atoms with Gasteiger partial charge in [0.25, 0.3) is 5.91 Å². The zero-order chi connectivity index (χ0) is 16.1. The van der Waals surface area contributed by atoms with Crippen LogP contribution >= 0.6 is 22.6 Å². The highest BCUT2D eigenvalue weighted by atomic mass is 127. The quantitative estimate of drug-likeness (QED) is 0.604. The van der Waals surface area contributed by atoms with E-state index in [4.69, 9.17) is 4.74 Å². The molecule has 2 aromatic carbocycles. The molecule has 0 fully saturated rings. The van der Waals surface area contributed by atoms with Crippen LogP contribution in [0.5, 0.6) is 5.75 Å². The summed E-state index contributed by atoms with van der Waals surface area (Å²) in [5.74, 6) is 0.0799. The van der Waals surface area contributed by atoms with Crippen molar-refractivity contribution in [3.63, 3.8) is 0 Å². The Morgan fingerprint density at radius 2 is 1.95 bits per heavy atom. The predicted octanol–water partition coefficient (Wildman–Crippen LogP) is 3.82. The molecule has 22 heavy (non-hydrogen) atoms. The van der Waals surface area contributed by atoms with Crippen molar-refractivity contribution in [1.29, 1.82) is 0 Å². The Labute approximate surface area is 143 Å². The van der Waals surface area contributed by atoms with Gasteiger partial charge in [0.15, 0.2) is 12.4 Å². The second-order valence-electron chi connectivity index (χ2n) is 4.90. The molecule has 0 aliphatic rings. The lowest BCUT2D eigenvalue weighted by Crippen LogP contribution is -2.20. The van der Waals surface area contributed by atoms with Crippen molar-refractivity contribution < 1.29 is 14.3 Å². The Kier molecular flexibility index (Phi) is 5.54. The molecule has 0 unspecified atom stereocenters. The van der Waals surface area contributed by atoms with Crippen molar-refractivity contribution in [2.24, 2.45) is 0 Å². The lowest BCUT2D eigenvalue weighted by molar-refractivity contribution is -0.118. The lowest BCUT2D eigenvalue weighted by atomic mass is 10.1. The van der Waals surface area contributed by atoms with Crippen LogP contribution in [0, 0.1) is 10.5 Å². The van der Waals surface area contributed by atoms with Crippen LogP contribution in [-0.2, 0) is 4.79 Å². The molecule has 114 valence electrons. The Balaban J connectivity index is 2.02. The summed E-state index contributed by atoms with van der Waals surface area (Å²) >= 11 is 2.18. The maximum Gasteiger partial charge on any atom is 0.262 e. The monoisotopic (exact) mass is 409 g/mol. The fourth-order valence-corrected chi connectivity index (χ4v) is 2.49. The lowest BCUT2D eigenvalue weighted by Gasteiger charge is -2.11. The largest absolute Gasteiger partial charge is 0.483 e. The van der Waals surface area contributed by atoms with Crippen molar-refractivity contribution in [2.75, 3.05) is 11.9 Å². The van der Waals surface area contributed by atoms with Crippen LogP contribution in [0.25, 0.3) is 0 Å². The van der Waals surface area contributed by atoms with Gasteiger partial charge in [-0.15, -0.1) is 0 Å². The first-order valence-corrected chi connectivity index (χ1v) is 7.83. The SMILES string of the molecule is CC(=O)c1ccc(C)cc1OCC(=O)Nc1cccc(I)c1. The first-order valence-electron chi connectivity index (χ1n) is 6.75. The number of carbonyl (C=O) groups is 2. The maximum absolute atomic E-state index is 11.9. The van der Waals surface area contributed by atoms with Gasteiger partial charge in [-0.3, -0.25) is 9.59 Å². The molecular weight excluding hydrogens is 393 g/mol. The molecule has 0 aromatic heterocycles. The van der Waals surface area contributed by atoms with Crippen molar-refractivity contribution in [3.05, 3.63) is 57.2 Å². The summed E-state index contributed by atoms with van der Waals surface area (Å²) in [6.07, 6.45) is 0. The number of hydrogen-bond donors (Lipinski definition) is 1. The minimum Gasteiger partial charge on any atom is -0.483 e. The molecule has 4 nitrogen and oxygen atoms in total. The van der Waals surface area contributed by atoms with E-state index in [9.17, 15) is 9.59 Å². The molecule has 0 heterocycles. The topological polar surface area (TPSA) is 55.4 Å². The first kappa shape index (κ1) is 16.5. The number of aryl methyl sites for hydroxylation is 1. The molecule has 0 aliphatic carbocycles. The van der Waals surface area contributed by atoms with Gasteiger partial charge in [-0.1, -0.05) is 12.1 Å². The summed E-state index contributed by atoms with van der Waals surface area (Å²) < 4.78 is 6.54. The van der Waals surface area contributed by atoms with E-state index in [2.05, 4.69) is 27.9 Å². The van der Waals surface area contributed by atoms with Crippen LogP contribution in [0.3, 0.4) is 0 Å². The number of ketones is 1. The van der Waals surface area contributed by atoms with Gasteiger partial charge in [0.05, 0.1) is 5.56 Å². The van der Waals surface area contributed by atoms with E-state index in [1.807, 2.05) is 37.3 Å². The molecule has 0 atom stereocenters. The molecule has 5 heteroatoms. The van der Waals surface area contributed by atoms with Crippen LogP contribution in [0.1, 0.15) is 22.8 Å². The summed E-state index contributed by atoms with van der Waals surface area (Å²) in [5.41, 5.74) is 2.17. The van der Waals surface area contributed by atoms with E-state index < -0.39 is 0 Å². The summed E-state index contributed by atoms with van der Waals surface area (Å²) in [6.45, 7) is 3.24. The molecule has 1 amide bonds. The Morgan fingerprint density at radius 3 is 2.64 bits per heavy atom. The molecular formula is C17H16INO3. The van der Waals surface area contributed by atoms with Gasteiger partial charge in [-0.25, -0.2) is 0 Å². The van der Waals surface area contributed by atoms with Gasteiger partial charge in [0.2, 0.25) is 0 Å². The summed E-state index contributed by atoms with van der Waals surface area (Å²) in [6, 6.07) is 12.8. The van der Waals surface area contributed by atoms with Crippen molar-refractivity contribution in [1.82, 2.24) is 0 Å². The molecule has 0 spiro atoms. The van der Waals surface area contributed by atoms with Gasteiger partial charge in [0, 0.05) is 9.26 Å². The third-order valence-electron chi connectivity index (χ3n) is 2.98. The zero-order valence-corrected chi connectivity index (χ0v) is 14.5. The van der Waals surface area contributed by atoms with E-state index in [1.54, 1.807) is 12.1 Å². The fourth-order valence-electron chi connectivity index (χ4n) is 1.95. The molecule has 2 aromatic rings.